The predicted molar refractivity (Wildman–Crippen MR) is 81.5 cm³/mol. The van der Waals surface area contributed by atoms with Gasteiger partial charge in [-0.1, -0.05) is 22.0 Å². The third-order valence-corrected chi connectivity index (χ3v) is 3.29. The Morgan fingerprint density at radius 1 is 1.25 bits per heavy atom. The molecule has 0 fully saturated rings. The van der Waals surface area contributed by atoms with Crippen LogP contribution in [0.5, 0.6) is 11.5 Å². The van der Waals surface area contributed by atoms with Gasteiger partial charge >= 0.3 is 0 Å². The molecule has 0 heterocycles. The van der Waals surface area contributed by atoms with Gasteiger partial charge in [-0.25, -0.2) is 0 Å². The number of methoxy groups -OCH3 is 1. The van der Waals surface area contributed by atoms with Crippen molar-refractivity contribution in [3.05, 3.63) is 52.0 Å². The van der Waals surface area contributed by atoms with Crippen LogP contribution in [0.2, 0.25) is 0 Å². The number of hydrogen-bond donors (Lipinski definition) is 2. The van der Waals surface area contributed by atoms with Crippen molar-refractivity contribution in [1.82, 2.24) is 0 Å². The van der Waals surface area contributed by atoms with Crippen LogP contribution < -0.4 is 10.1 Å². The van der Waals surface area contributed by atoms with Crippen molar-refractivity contribution < 1.29 is 14.6 Å². The van der Waals surface area contributed by atoms with E-state index in [9.17, 15) is 9.90 Å². The molecule has 0 atom stereocenters. The van der Waals surface area contributed by atoms with Crippen molar-refractivity contribution in [3.8, 4) is 11.5 Å². The third kappa shape index (κ3) is 3.30. The molecule has 2 N–H and O–H groups in total. The van der Waals surface area contributed by atoms with Gasteiger partial charge in [0, 0.05) is 21.8 Å². The number of carbonyl (C=O) groups is 1. The van der Waals surface area contributed by atoms with Gasteiger partial charge in [-0.2, -0.15) is 0 Å². The summed E-state index contributed by atoms with van der Waals surface area (Å²) in [5, 5.41) is 12.4. The Labute approximate surface area is 125 Å². The molecule has 2 aromatic carbocycles. The Balaban J connectivity index is 2.23. The van der Waals surface area contributed by atoms with Crippen LogP contribution in [-0.4, -0.2) is 18.1 Å². The van der Waals surface area contributed by atoms with E-state index >= 15 is 0 Å². The highest BCUT2D eigenvalue weighted by Crippen LogP contribution is 2.25. The van der Waals surface area contributed by atoms with Crippen LogP contribution in [0.25, 0.3) is 0 Å². The highest BCUT2D eigenvalue weighted by molar-refractivity contribution is 9.10. The summed E-state index contributed by atoms with van der Waals surface area (Å²) in [6.07, 6.45) is 0. The number of amides is 1. The van der Waals surface area contributed by atoms with E-state index in [-0.39, 0.29) is 11.7 Å². The van der Waals surface area contributed by atoms with Crippen LogP contribution in [0, 0.1) is 6.92 Å². The quantitative estimate of drug-likeness (QED) is 0.898. The van der Waals surface area contributed by atoms with Gasteiger partial charge in [0.2, 0.25) is 0 Å². The molecule has 20 heavy (non-hydrogen) atoms. The van der Waals surface area contributed by atoms with Crippen molar-refractivity contribution in [3.63, 3.8) is 0 Å². The fourth-order valence-electron chi connectivity index (χ4n) is 1.71. The maximum absolute atomic E-state index is 12.1. The zero-order valence-electron chi connectivity index (χ0n) is 11.1. The third-order valence-electron chi connectivity index (χ3n) is 2.84. The monoisotopic (exact) mass is 335 g/mol. The minimum Gasteiger partial charge on any atom is -0.508 e. The highest BCUT2D eigenvalue weighted by atomic mass is 79.9. The number of aromatic hydroxyl groups is 1. The average molecular weight is 336 g/mol. The second kappa shape index (κ2) is 5.96. The molecule has 0 saturated heterocycles. The van der Waals surface area contributed by atoms with Gasteiger partial charge in [0.25, 0.3) is 5.91 Å². The lowest BCUT2D eigenvalue weighted by Crippen LogP contribution is -2.11. The fraction of sp³-hybridized carbons (Fsp3) is 0.133. The Hall–Kier alpha value is -2.01. The topological polar surface area (TPSA) is 58.6 Å². The molecule has 104 valence electrons. The summed E-state index contributed by atoms with van der Waals surface area (Å²) in [5.74, 6) is 0.450. The molecule has 0 aromatic heterocycles. The maximum atomic E-state index is 12.1. The average Bonchev–Trinajstić information content (AvgIpc) is 2.41. The number of carbonyl (C=O) groups excluding carboxylic acids is 1. The molecular formula is C15H14BrNO3. The second-order valence-electron chi connectivity index (χ2n) is 4.34. The number of phenols is 1. The smallest absolute Gasteiger partial charge is 0.255 e. The van der Waals surface area contributed by atoms with Crippen LogP contribution >= 0.6 is 15.9 Å². The number of nitrogens with one attached hydrogen (secondary N) is 1. The summed E-state index contributed by atoms with van der Waals surface area (Å²) in [4.78, 5) is 12.1. The molecule has 5 heteroatoms. The van der Waals surface area contributed by atoms with Gasteiger partial charge in [-0.3, -0.25) is 4.79 Å². The molecule has 0 bridgehead atoms. The predicted octanol–water partition coefficient (Wildman–Crippen LogP) is 3.72. The van der Waals surface area contributed by atoms with Crippen molar-refractivity contribution in [2.45, 2.75) is 6.92 Å². The first-order chi connectivity index (χ1) is 9.49. The molecule has 2 rings (SSSR count). The summed E-state index contributed by atoms with van der Waals surface area (Å²) < 4.78 is 5.94. The summed E-state index contributed by atoms with van der Waals surface area (Å²) in [6, 6.07) is 10.1. The van der Waals surface area contributed by atoms with Crippen molar-refractivity contribution in [1.29, 1.82) is 0 Å². The number of anilines is 1. The van der Waals surface area contributed by atoms with Gasteiger partial charge in [-0.15, -0.1) is 0 Å². The maximum Gasteiger partial charge on any atom is 0.255 e. The van der Waals surface area contributed by atoms with E-state index in [0.29, 0.717) is 17.0 Å². The lowest BCUT2D eigenvalue weighted by molar-refractivity contribution is 0.102. The van der Waals surface area contributed by atoms with E-state index in [2.05, 4.69) is 21.2 Å². The molecular weight excluding hydrogens is 322 g/mol. The molecule has 0 spiro atoms. The Kier molecular flexibility index (Phi) is 4.29. The van der Waals surface area contributed by atoms with Gasteiger partial charge in [0.05, 0.1) is 7.11 Å². The van der Waals surface area contributed by atoms with Crippen molar-refractivity contribution in [2.75, 3.05) is 12.4 Å². The van der Waals surface area contributed by atoms with E-state index < -0.39 is 0 Å². The molecule has 0 saturated carbocycles. The SMILES string of the molecule is COc1cc(Br)cc(NC(=O)c2ccc(C)c(O)c2)c1. The van der Waals surface area contributed by atoms with Crippen LogP contribution in [0.1, 0.15) is 15.9 Å². The molecule has 0 aliphatic carbocycles. The largest absolute Gasteiger partial charge is 0.508 e. The van der Waals surface area contributed by atoms with Gasteiger partial charge in [0.1, 0.15) is 11.5 Å². The zero-order chi connectivity index (χ0) is 14.7. The first-order valence-electron chi connectivity index (χ1n) is 5.95. The molecule has 0 unspecified atom stereocenters. The number of ether oxygens (including phenoxy) is 1. The molecule has 2 aromatic rings. The first-order valence-corrected chi connectivity index (χ1v) is 6.74. The van der Waals surface area contributed by atoms with Gasteiger partial charge in [0.15, 0.2) is 0 Å². The highest BCUT2D eigenvalue weighted by Gasteiger charge is 2.09. The zero-order valence-corrected chi connectivity index (χ0v) is 12.7. The van der Waals surface area contributed by atoms with Crippen LogP contribution in [0.15, 0.2) is 40.9 Å². The fourth-order valence-corrected chi connectivity index (χ4v) is 2.18. The number of rotatable bonds is 3. The number of phenolic OH excluding ortho intramolecular Hbond substituents is 1. The van der Waals surface area contributed by atoms with E-state index in [1.807, 2.05) is 0 Å². The summed E-state index contributed by atoms with van der Waals surface area (Å²) in [5.41, 5.74) is 1.74. The number of benzene rings is 2. The number of aryl methyl sites for hydroxylation is 1. The molecule has 0 radical (unpaired) electrons. The molecule has 0 aliphatic heterocycles. The molecule has 4 nitrogen and oxygen atoms in total. The molecule has 1 amide bonds. The summed E-state index contributed by atoms with van der Waals surface area (Å²) in [6.45, 7) is 1.77. The van der Waals surface area contributed by atoms with Crippen molar-refractivity contribution in [2.24, 2.45) is 0 Å². The standard InChI is InChI=1S/C15H14BrNO3/c1-9-3-4-10(5-14(9)18)15(19)17-12-6-11(16)7-13(8-12)20-2/h3-8,18H,1-2H3,(H,17,19). The van der Waals surface area contributed by atoms with Crippen molar-refractivity contribution >= 4 is 27.5 Å². The van der Waals surface area contributed by atoms with Gasteiger partial charge < -0.3 is 15.2 Å². The second-order valence-corrected chi connectivity index (χ2v) is 5.25. The summed E-state index contributed by atoms with van der Waals surface area (Å²) >= 11 is 3.35. The van der Waals surface area contributed by atoms with E-state index in [0.717, 1.165) is 10.0 Å². The Bertz CT molecular complexity index is 656. The van der Waals surface area contributed by atoms with E-state index in [1.54, 1.807) is 44.4 Å². The normalized spacial score (nSPS) is 10.2. The minimum absolute atomic E-state index is 0.101. The van der Waals surface area contributed by atoms with E-state index in [1.165, 1.54) is 6.07 Å². The number of halogens is 1. The lowest BCUT2D eigenvalue weighted by atomic mass is 10.1. The van der Waals surface area contributed by atoms with Crippen LogP contribution in [0.4, 0.5) is 5.69 Å². The Morgan fingerprint density at radius 3 is 2.65 bits per heavy atom. The Morgan fingerprint density at radius 2 is 2.00 bits per heavy atom. The summed E-state index contributed by atoms with van der Waals surface area (Å²) in [7, 11) is 1.56. The molecule has 0 aliphatic rings. The number of hydrogen-bond acceptors (Lipinski definition) is 3. The van der Waals surface area contributed by atoms with Gasteiger partial charge in [-0.05, 0) is 36.8 Å². The van der Waals surface area contributed by atoms with E-state index in [4.69, 9.17) is 4.74 Å². The van der Waals surface area contributed by atoms with Crippen LogP contribution in [0.3, 0.4) is 0 Å². The van der Waals surface area contributed by atoms with Crippen LogP contribution in [-0.2, 0) is 0 Å². The first kappa shape index (κ1) is 14.4. The lowest BCUT2D eigenvalue weighted by Gasteiger charge is -2.09. The minimum atomic E-state index is -0.291.